The highest BCUT2D eigenvalue weighted by Crippen LogP contribution is 2.35. The average Bonchev–Trinajstić information content (AvgIpc) is 3.29. The van der Waals surface area contributed by atoms with E-state index in [-0.39, 0.29) is 28.2 Å². The minimum absolute atomic E-state index is 0.0329. The quantitative estimate of drug-likeness (QED) is 0.405. The zero-order valence-electron chi connectivity index (χ0n) is 21.3. The number of likely N-dealkylation sites (tertiary alicyclic amines) is 1. The number of hydrogen-bond donors (Lipinski definition) is 2. The van der Waals surface area contributed by atoms with Crippen molar-refractivity contribution in [1.29, 1.82) is 0 Å². The minimum Gasteiger partial charge on any atom is -0.497 e. The van der Waals surface area contributed by atoms with Crippen LogP contribution in [0.15, 0.2) is 53.4 Å². The molecule has 3 aromatic rings. The molecule has 0 unspecified atom stereocenters. The normalized spacial score (nSPS) is 17.2. The van der Waals surface area contributed by atoms with E-state index >= 15 is 0 Å². The van der Waals surface area contributed by atoms with Crippen LogP contribution in [-0.4, -0.2) is 80.6 Å². The standard InChI is InChI=1S/C26H32N4O6S/c1-17(31)28-36-24-10-11-25(37(33,34)29(2)3)26-21(24)8-9-23(27-26)22(16-30-13-12-19(32)15-30)18-6-5-7-20(14-18)35-4/h5-11,14,19,22,32H,12-13,15-16H2,1-4H3,(H,28,31)/t19-,22+/m0/s1. The van der Waals surface area contributed by atoms with Gasteiger partial charge < -0.3 is 14.7 Å². The summed E-state index contributed by atoms with van der Waals surface area (Å²) >= 11 is 0. The number of nitrogens with zero attached hydrogens (tertiary/aromatic N) is 3. The van der Waals surface area contributed by atoms with E-state index in [1.165, 1.54) is 33.2 Å². The van der Waals surface area contributed by atoms with Crippen LogP contribution in [0.5, 0.6) is 11.5 Å². The van der Waals surface area contributed by atoms with E-state index in [2.05, 4.69) is 10.4 Å². The zero-order valence-corrected chi connectivity index (χ0v) is 22.2. The van der Waals surface area contributed by atoms with E-state index in [1.54, 1.807) is 13.2 Å². The number of aliphatic hydroxyl groups excluding tert-OH is 1. The van der Waals surface area contributed by atoms with Crippen LogP contribution in [0.2, 0.25) is 0 Å². The number of rotatable bonds is 9. The molecule has 4 rings (SSSR count). The summed E-state index contributed by atoms with van der Waals surface area (Å²) in [4.78, 5) is 23.9. The van der Waals surface area contributed by atoms with E-state index < -0.39 is 15.9 Å². The molecule has 37 heavy (non-hydrogen) atoms. The van der Waals surface area contributed by atoms with Gasteiger partial charge in [-0.3, -0.25) is 14.7 Å². The fraction of sp³-hybridized carbons (Fsp3) is 0.385. The number of hydrogen-bond acceptors (Lipinski definition) is 8. The smallest absolute Gasteiger partial charge is 0.249 e. The van der Waals surface area contributed by atoms with Gasteiger partial charge in [-0.1, -0.05) is 12.1 Å². The third-order valence-electron chi connectivity index (χ3n) is 6.41. The van der Waals surface area contributed by atoms with Gasteiger partial charge in [0.25, 0.3) is 0 Å². The summed E-state index contributed by atoms with van der Waals surface area (Å²) in [6.07, 6.45) is 0.325. The Morgan fingerprint density at radius 3 is 2.68 bits per heavy atom. The van der Waals surface area contributed by atoms with Crippen LogP contribution in [0.1, 0.15) is 30.5 Å². The van der Waals surface area contributed by atoms with Crippen molar-refractivity contribution >= 4 is 26.8 Å². The van der Waals surface area contributed by atoms with Gasteiger partial charge in [0.1, 0.15) is 10.6 Å². The second-order valence-corrected chi connectivity index (χ2v) is 11.4. The van der Waals surface area contributed by atoms with Gasteiger partial charge in [0, 0.05) is 57.7 Å². The number of hydroxylamine groups is 1. The van der Waals surface area contributed by atoms with Gasteiger partial charge in [0.2, 0.25) is 15.9 Å². The lowest BCUT2D eigenvalue weighted by Gasteiger charge is -2.25. The maximum Gasteiger partial charge on any atom is 0.249 e. The number of aliphatic hydroxyl groups is 1. The monoisotopic (exact) mass is 528 g/mol. The van der Waals surface area contributed by atoms with E-state index in [4.69, 9.17) is 14.6 Å². The first-order valence-corrected chi connectivity index (χ1v) is 13.4. The van der Waals surface area contributed by atoms with Gasteiger partial charge in [-0.15, -0.1) is 0 Å². The molecule has 11 heteroatoms. The van der Waals surface area contributed by atoms with E-state index in [9.17, 15) is 18.3 Å². The van der Waals surface area contributed by atoms with Crippen LogP contribution in [0, 0.1) is 0 Å². The third-order valence-corrected chi connectivity index (χ3v) is 8.25. The Balaban J connectivity index is 1.88. The molecule has 2 N–H and O–H groups in total. The Kier molecular flexibility index (Phi) is 7.98. The van der Waals surface area contributed by atoms with Crippen LogP contribution in [0.3, 0.4) is 0 Å². The Hall–Kier alpha value is -3.25. The van der Waals surface area contributed by atoms with Crippen molar-refractivity contribution in [2.24, 2.45) is 0 Å². The summed E-state index contributed by atoms with van der Waals surface area (Å²) in [6.45, 7) is 3.21. The molecule has 10 nitrogen and oxygen atoms in total. The highest BCUT2D eigenvalue weighted by molar-refractivity contribution is 7.89. The Bertz CT molecular complexity index is 1400. The molecule has 2 heterocycles. The molecule has 2 aromatic carbocycles. The number of carbonyl (C=O) groups excluding carboxylic acids is 1. The molecular formula is C26H32N4O6S. The molecule has 1 aliphatic heterocycles. The van der Waals surface area contributed by atoms with Crippen molar-refractivity contribution in [3.8, 4) is 11.5 Å². The molecule has 1 aliphatic rings. The fourth-order valence-electron chi connectivity index (χ4n) is 4.46. The molecule has 0 saturated carbocycles. The first kappa shape index (κ1) is 26.8. The summed E-state index contributed by atoms with van der Waals surface area (Å²) in [5.41, 5.74) is 4.15. The van der Waals surface area contributed by atoms with Gasteiger partial charge in [-0.05, 0) is 48.4 Å². The van der Waals surface area contributed by atoms with Gasteiger partial charge >= 0.3 is 0 Å². The highest BCUT2D eigenvalue weighted by atomic mass is 32.2. The minimum atomic E-state index is -3.83. The molecule has 0 spiro atoms. The van der Waals surface area contributed by atoms with Gasteiger partial charge in [-0.25, -0.2) is 12.7 Å². The molecule has 198 valence electrons. The van der Waals surface area contributed by atoms with Crippen molar-refractivity contribution in [3.63, 3.8) is 0 Å². The fourth-order valence-corrected chi connectivity index (χ4v) is 5.49. The number of methoxy groups -OCH3 is 1. The third kappa shape index (κ3) is 5.85. The second kappa shape index (κ2) is 11.0. The molecule has 0 aliphatic carbocycles. The van der Waals surface area contributed by atoms with Crippen molar-refractivity contribution in [2.45, 2.75) is 30.3 Å². The number of carbonyl (C=O) groups is 1. The molecule has 1 saturated heterocycles. The number of nitrogens with one attached hydrogen (secondary N) is 1. The SMILES string of the molecule is COc1cccc([C@@H](CN2CC[C@H](O)C2)c2ccc3c(ONC(C)=O)ccc(S(=O)(=O)N(C)C)c3n2)c1. The second-order valence-electron chi connectivity index (χ2n) is 9.27. The van der Waals surface area contributed by atoms with Crippen LogP contribution in [0.4, 0.5) is 0 Å². The number of amides is 1. The molecule has 1 amide bonds. The first-order chi connectivity index (χ1) is 17.6. The van der Waals surface area contributed by atoms with Crippen LogP contribution in [-0.2, 0) is 14.8 Å². The summed E-state index contributed by atoms with van der Waals surface area (Å²) in [5, 5.41) is 10.5. The highest BCUT2D eigenvalue weighted by Gasteiger charge is 2.28. The van der Waals surface area contributed by atoms with Crippen molar-refractivity contribution in [3.05, 3.63) is 59.8 Å². The number of pyridine rings is 1. The van der Waals surface area contributed by atoms with Crippen molar-refractivity contribution in [2.75, 3.05) is 40.8 Å². The van der Waals surface area contributed by atoms with E-state index in [1.807, 2.05) is 30.3 Å². The Morgan fingerprint density at radius 2 is 2.03 bits per heavy atom. The lowest BCUT2D eigenvalue weighted by atomic mass is 9.93. The zero-order chi connectivity index (χ0) is 26.7. The molecule has 2 atom stereocenters. The van der Waals surface area contributed by atoms with Crippen molar-refractivity contribution in [1.82, 2.24) is 19.7 Å². The number of ether oxygens (including phenoxy) is 1. The molecule has 1 aromatic heterocycles. The van der Waals surface area contributed by atoms with E-state index in [0.29, 0.717) is 36.3 Å². The summed E-state index contributed by atoms with van der Waals surface area (Å²) < 4.78 is 33.0. The van der Waals surface area contributed by atoms with Crippen LogP contribution >= 0.6 is 0 Å². The Morgan fingerprint density at radius 1 is 1.24 bits per heavy atom. The van der Waals surface area contributed by atoms with Gasteiger partial charge in [0.15, 0.2) is 5.75 Å². The van der Waals surface area contributed by atoms with Gasteiger partial charge in [0.05, 0.1) is 18.7 Å². The van der Waals surface area contributed by atoms with Crippen LogP contribution in [0.25, 0.3) is 10.9 Å². The summed E-state index contributed by atoms with van der Waals surface area (Å²) in [7, 11) is 0.696. The number of fused-ring (bicyclic) bond motifs is 1. The largest absolute Gasteiger partial charge is 0.497 e. The number of benzene rings is 2. The topological polar surface area (TPSA) is 121 Å². The maximum absolute atomic E-state index is 13.2. The number of sulfonamides is 1. The van der Waals surface area contributed by atoms with Gasteiger partial charge in [-0.2, -0.15) is 5.48 Å². The van der Waals surface area contributed by atoms with E-state index in [0.717, 1.165) is 16.4 Å². The molecule has 0 radical (unpaired) electrons. The van der Waals surface area contributed by atoms with Crippen molar-refractivity contribution < 1.29 is 27.9 Å². The lowest BCUT2D eigenvalue weighted by molar-refractivity contribution is -0.125. The van der Waals surface area contributed by atoms with Crippen LogP contribution < -0.4 is 15.1 Å². The molecular weight excluding hydrogens is 496 g/mol. The first-order valence-electron chi connectivity index (χ1n) is 11.9. The predicted octanol–water partition coefficient (Wildman–Crippen LogP) is 2.12. The number of aromatic nitrogens is 1. The number of β-amino-alcohol motifs (C(OH)–C–C–N with tert-alkyl or cyclic N) is 1. The maximum atomic E-state index is 13.2. The predicted molar refractivity (Wildman–Crippen MR) is 139 cm³/mol. The summed E-state index contributed by atoms with van der Waals surface area (Å²) in [5.74, 6) is 0.363. The summed E-state index contributed by atoms with van der Waals surface area (Å²) in [6, 6.07) is 14.2. The molecule has 0 bridgehead atoms. The molecule has 1 fully saturated rings. The lowest BCUT2D eigenvalue weighted by Crippen LogP contribution is -2.28. The Labute approximate surface area is 216 Å². The average molecular weight is 529 g/mol.